The maximum Gasteiger partial charge on any atom is 0.420 e. The van der Waals surface area contributed by atoms with E-state index >= 15 is 0 Å². The van der Waals surface area contributed by atoms with Gasteiger partial charge in [0.25, 0.3) is 5.91 Å². The van der Waals surface area contributed by atoms with Crippen LogP contribution in [0.15, 0.2) is 48.9 Å². The number of halogens is 3. The Morgan fingerprint density at radius 1 is 1.18 bits per heavy atom. The molecule has 1 aliphatic rings. The number of aromatic nitrogens is 5. The first-order chi connectivity index (χ1) is 19.0. The Morgan fingerprint density at radius 2 is 1.98 bits per heavy atom. The summed E-state index contributed by atoms with van der Waals surface area (Å²) in [7, 11) is 3.53. The number of phenols is 1. The van der Waals surface area contributed by atoms with Gasteiger partial charge < -0.3 is 25.4 Å². The van der Waals surface area contributed by atoms with E-state index in [0.29, 0.717) is 35.5 Å². The van der Waals surface area contributed by atoms with Crippen LogP contribution in [0, 0.1) is 0 Å². The molecule has 2 atom stereocenters. The normalized spacial score (nSPS) is 17.4. The lowest BCUT2D eigenvalue weighted by atomic mass is 10.0. The van der Waals surface area contributed by atoms with Crippen molar-refractivity contribution in [2.45, 2.75) is 44.1 Å². The number of alkyl halides is 3. The van der Waals surface area contributed by atoms with Crippen LogP contribution >= 0.6 is 0 Å². The molecule has 4 N–H and O–H groups in total. The minimum atomic E-state index is -4.85. The summed E-state index contributed by atoms with van der Waals surface area (Å²) >= 11 is 0. The Bertz CT molecular complexity index is 1550. The largest absolute Gasteiger partial charge is 0.505 e. The van der Waals surface area contributed by atoms with E-state index in [4.69, 9.17) is 0 Å². The van der Waals surface area contributed by atoms with Crippen LogP contribution < -0.4 is 10.6 Å². The van der Waals surface area contributed by atoms with Gasteiger partial charge in [-0.3, -0.25) is 9.48 Å². The predicted molar refractivity (Wildman–Crippen MR) is 140 cm³/mol. The maximum atomic E-state index is 13.8. The van der Waals surface area contributed by atoms with E-state index in [1.165, 1.54) is 12.1 Å². The molecule has 0 spiro atoms. The van der Waals surface area contributed by atoms with E-state index in [1.54, 1.807) is 54.1 Å². The molecule has 0 radical (unpaired) electrons. The van der Waals surface area contributed by atoms with Gasteiger partial charge in [-0.2, -0.15) is 18.3 Å². The van der Waals surface area contributed by atoms with Crippen LogP contribution in [0.1, 0.15) is 40.7 Å². The second-order valence-electron chi connectivity index (χ2n) is 9.85. The van der Waals surface area contributed by atoms with E-state index in [9.17, 15) is 28.2 Å². The molecule has 0 bridgehead atoms. The second kappa shape index (κ2) is 10.7. The highest BCUT2D eigenvalue weighted by Gasteiger charge is 2.36. The fraction of sp³-hybridized carbons (Fsp3) is 0.333. The topological polar surface area (TPSA) is 130 Å². The molecule has 1 amide bonds. The Hall–Kier alpha value is -4.23. The number of anilines is 1. The van der Waals surface area contributed by atoms with E-state index in [0.717, 1.165) is 12.5 Å². The number of benzene rings is 2. The van der Waals surface area contributed by atoms with Gasteiger partial charge in [-0.25, -0.2) is 0 Å². The number of phenolic OH excluding ortho intramolecular Hbond substituents is 1. The summed E-state index contributed by atoms with van der Waals surface area (Å²) in [6, 6.07) is 8.43. The minimum absolute atomic E-state index is 0.0226. The average Bonchev–Trinajstić information content (AvgIpc) is 3.63. The van der Waals surface area contributed by atoms with Crippen molar-refractivity contribution in [2.75, 3.05) is 5.32 Å². The number of aliphatic hydroxyl groups excluding tert-OH is 1. The molecular formula is C27H28F3N7O3. The number of nitrogens with one attached hydrogen (secondary N) is 2. The van der Waals surface area contributed by atoms with E-state index in [-0.39, 0.29) is 29.4 Å². The number of hydrogen-bond acceptors (Lipinski definition) is 7. The zero-order valence-corrected chi connectivity index (χ0v) is 21.8. The Labute approximate surface area is 227 Å². The molecule has 210 valence electrons. The molecule has 1 aliphatic carbocycles. The van der Waals surface area contributed by atoms with E-state index in [1.807, 2.05) is 0 Å². The Morgan fingerprint density at radius 3 is 2.65 bits per heavy atom. The molecule has 10 nitrogen and oxygen atoms in total. The summed E-state index contributed by atoms with van der Waals surface area (Å²) in [5.41, 5.74) is 0.708. The van der Waals surface area contributed by atoms with Crippen molar-refractivity contribution in [3.63, 3.8) is 0 Å². The fourth-order valence-corrected chi connectivity index (χ4v) is 5.01. The third kappa shape index (κ3) is 5.42. The van der Waals surface area contributed by atoms with Crippen LogP contribution in [0.25, 0.3) is 22.6 Å². The van der Waals surface area contributed by atoms with Gasteiger partial charge in [-0.1, -0.05) is 12.1 Å². The first-order valence-corrected chi connectivity index (χ1v) is 12.7. The second-order valence-corrected chi connectivity index (χ2v) is 9.85. The molecule has 2 heterocycles. The van der Waals surface area contributed by atoms with Crippen molar-refractivity contribution in [3.05, 3.63) is 65.6 Å². The molecular weight excluding hydrogens is 527 g/mol. The van der Waals surface area contributed by atoms with Crippen LogP contribution in [0.3, 0.4) is 0 Å². The van der Waals surface area contributed by atoms with Gasteiger partial charge in [-0.15, -0.1) is 10.2 Å². The summed E-state index contributed by atoms with van der Waals surface area (Å²) in [4.78, 5) is 13.2. The minimum Gasteiger partial charge on any atom is -0.505 e. The maximum absolute atomic E-state index is 13.8. The van der Waals surface area contributed by atoms with Crippen LogP contribution in [-0.2, 0) is 26.8 Å². The Balaban J connectivity index is 1.44. The van der Waals surface area contributed by atoms with Gasteiger partial charge in [0.05, 0.1) is 34.8 Å². The third-order valence-corrected chi connectivity index (χ3v) is 7.06. The van der Waals surface area contributed by atoms with E-state index < -0.39 is 29.5 Å². The number of carbonyl (C=O) groups is 1. The lowest BCUT2D eigenvalue weighted by molar-refractivity contribution is -0.138. The highest BCUT2D eigenvalue weighted by Crippen LogP contribution is 2.41. The SMILES string of the molecule is Cn1cnnc1-c1cnn(C)c1-c1cccc(C(=O)Nc2cc(CN[C@H]3CCC[C@@H]3O)cc(C(F)(F)F)c2O)c1. The van der Waals surface area contributed by atoms with Gasteiger partial charge in [0.1, 0.15) is 6.33 Å². The summed E-state index contributed by atoms with van der Waals surface area (Å²) in [6.45, 7) is 0.0226. The predicted octanol–water partition coefficient (Wildman–Crippen LogP) is 3.86. The smallest absolute Gasteiger partial charge is 0.420 e. The van der Waals surface area contributed by atoms with Gasteiger partial charge in [-0.05, 0) is 49.1 Å². The average molecular weight is 556 g/mol. The van der Waals surface area contributed by atoms with Crippen LogP contribution in [-0.4, -0.2) is 52.8 Å². The fourth-order valence-electron chi connectivity index (χ4n) is 5.01. The number of carbonyl (C=O) groups excluding carboxylic acids is 1. The number of amides is 1. The molecule has 1 saturated carbocycles. The lowest BCUT2D eigenvalue weighted by Crippen LogP contribution is -2.35. The molecule has 1 fully saturated rings. The summed E-state index contributed by atoms with van der Waals surface area (Å²) in [6.07, 6.45) is -0.0757. The summed E-state index contributed by atoms with van der Waals surface area (Å²) < 4.78 is 44.6. The highest BCUT2D eigenvalue weighted by atomic mass is 19.4. The highest BCUT2D eigenvalue weighted by molar-refractivity contribution is 6.06. The number of aryl methyl sites for hydroxylation is 2. The molecule has 0 aliphatic heterocycles. The first kappa shape index (κ1) is 27.3. The molecule has 5 rings (SSSR count). The third-order valence-electron chi connectivity index (χ3n) is 7.06. The molecule has 2 aromatic heterocycles. The summed E-state index contributed by atoms with van der Waals surface area (Å²) in [5, 5.41) is 38.3. The number of hydrogen-bond donors (Lipinski definition) is 4. The molecule has 2 aromatic carbocycles. The van der Waals surface area contributed by atoms with E-state index in [2.05, 4.69) is 25.9 Å². The van der Waals surface area contributed by atoms with Crippen LogP contribution in [0.5, 0.6) is 5.75 Å². The standard InChI is InChI=1S/C27H28F3N7O3/c1-36-14-32-35-25(36)18-13-33-37(2)23(18)16-5-3-6-17(11-16)26(40)34-21-10-15(9-19(24(21)39)27(28,29)30)12-31-20-7-4-8-22(20)38/h3,5-6,9-11,13-14,20,22,31,38-39H,4,7-8,12H2,1-2H3,(H,34,40)/t20-,22-/m0/s1. The van der Waals surface area contributed by atoms with Crippen molar-refractivity contribution in [2.24, 2.45) is 14.1 Å². The monoisotopic (exact) mass is 555 g/mol. The molecule has 40 heavy (non-hydrogen) atoms. The van der Waals surface area contributed by atoms with Crippen molar-refractivity contribution in [1.29, 1.82) is 0 Å². The molecule has 0 saturated heterocycles. The van der Waals surface area contributed by atoms with Gasteiger partial charge in [0, 0.05) is 37.8 Å². The zero-order chi connectivity index (χ0) is 28.6. The molecule has 4 aromatic rings. The number of rotatable bonds is 7. The lowest BCUT2D eigenvalue weighted by Gasteiger charge is -2.19. The first-order valence-electron chi connectivity index (χ1n) is 12.7. The van der Waals surface area contributed by atoms with Crippen molar-refractivity contribution in [3.8, 4) is 28.4 Å². The van der Waals surface area contributed by atoms with Crippen LogP contribution in [0.2, 0.25) is 0 Å². The number of aliphatic hydroxyl groups is 1. The quantitative estimate of drug-likeness (QED) is 0.255. The van der Waals surface area contributed by atoms with Gasteiger partial charge in [0.2, 0.25) is 0 Å². The molecule has 13 heteroatoms. The van der Waals surface area contributed by atoms with Gasteiger partial charge in [0.15, 0.2) is 11.6 Å². The van der Waals surface area contributed by atoms with Crippen LogP contribution in [0.4, 0.5) is 18.9 Å². The Kier molecular flexibility index (Phi) is 7.34. The zero-order valence-electron chi connectivity index (χ0n) is 21.8. The number of aromatic hydroxyl groups is 1. The van der Waals surface area contributed by atoms with Crippen molar-refractivity contribution in [1.82, 2.24) is 29.9 Å². The van der Waals surface area contributed by atoms with Crippen molar-refractivity contribution >= 4 is 11.6 Å². The summed E-state index contributed by atoms with van der Waals surface area (Å²) in [5.74, 6) is -1.21. The van der Waals surface area contributed by atoms with Crippen molar-refractivity contribution < 1.29 is 28.2 Å². The number of nitrogens with zero attached hydrogens (tertiary/aromatic N) is 5. The van der Waals surface area contributed by atoms with Gasteiger partial charge >= 0.3 is 6.18 Å². The molecule has 0 unspecified atom stereocenters.